The van der Waals surface area contributed by atoms with Crippen molar-refractivity contribution >= 4 is 40.4 Å². The van der Waals surface area contributed by atoms with Crippen LogP contribution >= 0.6 is 22.6 Å². The van der Waals surface area contributed by atoms with Crippen LogP contribution in [0.5, 0.6) is 0 Å². The number of amides is 2. The summed E-state index contributed by atoms with van der Waals surface area (Å²) in [6, 6.07) is 0. The van der Waals surface area contributed by atoms with E-state index in [2.05, 4.69) is 54.0 Å². The predicted molar refractivity (Wildman–Crippen MR) is 145 cm³/mol. The van der Waals surface area contributed by atoms with Crippen molar-refractivity contribution in [3.05, 3.63) is 0 Å². The van der Waals surface area contributed by atoms with Gasteiger partial charge in [0, 0.05) is 19.5 Å². The molecule has 0 aromatic rings. The van der Waals surface area contributed by atoms with Gasteiger partial charge in [0.1, 0.15) is 0 Å². The highest BCUT2D eigenvalue weighted by Gasteiger charge is 2.37. The van der Waals surface area contributed by atoms with Gasteiger partial charge in [0.05, 0.1) is 28.7 Å². The van der Waals surface area contributed by atoms with Crippen LogP contribution in [0.15, 0.2) is 0 Å². The third-order valence-electron chi connectivity index (χ3n) is 4.98. The summed E-state index contributed by atoms with van der Waals surface area (Å²) in [6.07, 6.45) is 4.39. The molecule has 202 valence electrons. The van der Waals surface area contributed by atoms with Gasteiger partial charge in [-0.15, -0.1) is 0 Å². The molecule has 0 aliphatic heterocycles. The largest absolute Gasteiger partial charge is 0.481 e. The number of aliphatic hydroxyl groups is 1. The Balaban J connectivity index is 0. The van der Waals surface area contributed by atoms with Crippen LogP contribution in [0, 0.1) is 11.3 Å². The summed E-state index contributed by atoms with van der Waals surface area (Å²) in [6.45, 7) is 16.8. The van der Waals surface area contributed by atoms with Crippen LogP contribution in [0.2, 0.25) is 0 Å². The predicted octanol–water partition coefficient (Wildman–Crippen LogP) is 4.31. The average molecular weight is 601 g/mol. The summed E-state index contributed by atoms with van der Waals surface area (Å²) in [4.78, 5) is 34.2. The number of carboxylic acid groups (broad SMARTS) is 1. The van der Waals surface area contributed by atoms with E-state index in [9.17, 15) is 14.4 Å². The molecule has 1 unspecified atom stereocenters. The molecule has 1 atom stereocenters. The van der Waals surface area contributed by atoms with Crippen LogP contribution in [0.4, 0.5) is 0 Å². The van der Waals surface area contributed by atoms with Crippen molar-refractivity contribution in [1.82, 2.24) is 10.6 Å². The number of hydrogen-bond donors (Lipinski definition) is 4. The number of unbranched alkanes of at least 4 members (excludes halogenated alkanes) is 1. The molecular weight excluding hydrogens is 551 g/mol. The average Bonchev–Trinajstić information content (AvgIpc) is 2.68. The molecule has 8 nitrogen and oxygen atoms in total. The fourth-order valence-electron chi connectivity index (χ4n) is 3.09. The summed E-state index contributed by atoms with van der Waals surface area (Å²) in [5.74, 6) is -0.173. The third-order valence-corrected chi connectivity index (χ3v) is 5.85. The van der Waals surface area contributed by atoms with Gasteiger partial charge in [0.15, 0.2) is 0 Å². The molecule has 0 saturated carbocycles. The fraction of sp³-hybridized carbons (Fsp3) is 0.880. The highest BCUT2D eigenvalue weighted by Crippen LogP contribution is 2.36. The van der Waals surface area contributed by atoms with Gasteiger partial charge in [-0.3, -0.25) is 14.4 Å². The first-order valence-electron chi connectivity index (χ1n) is 12.2. The summed E-state index contributed by atoms with van der Waals surface area (Å²) in [5.41, 5.74) is -1.09. The number of carboxylic acids is 1. The molecule has 34 heavy (non-hydrogen) atoms. The Morgan fingerprint density at radius 1 is 1.03 bits per heavy atom. The normalized spacial score (nSPS) is 13.5. The number of rotatable bonds is 16. The SMILES string of the molecule is CC(C)(CC(=O)O)CC(C)(I)C(=O)NCCOC(C)(C)CO.CCCCNC(=O)CCC(C)C. The van der Waals surface area contributed by atoms with Crippen LogP contribution in [0.1, 0.15) is 93.9 Å². The standard InChI is InChI=1S/C15H28INO5.C10H21NO/c1-13(2,8-11(19)20)9-15(5,16)12(21)17-6-7-22-14(3,4)10-18;1-4-5-8-11-10(12)7-6-9(2)3/h18H,6-10H2,1-5H3,(H,17,21)(H,19,20);9H,4-8H2,1-3H3,(H,11,12). The highest BCUT2D eigenvalue weighted by molar-refractivity contribution is 14.1. The Morgan fingerprint density at radius 3 is 2.09 bits per heavy atom. The van der Waals surface area contributed by atoms with Crippen molar-refractivity contribution in [3.8, 4) is 0 Å². The number of nitrogens with one attached hydrogen (secondary N) is 2. The number of halogens is 1. The maximum absolute atomic E-state index is 12.3. The highest BCUT2D eigenvalue weighted by atomic mass is 127. The summed E-state index contributed by atoms with van der Waals surface area (Å²) < 4.78 is 4.76. The van der Waals surface area contributed by atoms with Crippen molar-refractivity contribution in [2.24, 2.45) is 11.3 Å². The number of carbonyl (C=O) groups is 3. The van der Waals surface area contributed by atoms with Gasteiger partial charge >= 0.3 is 5.97 Å². The van der Waals surface area contributed by atoms with Crippen LogP contribution in [0.25, 0.3) is 0 Å². The number of alkyl halides is 1. The van der Waals surface area contributed by atoms with Crippen molar-refractivity contribution < 1.29 is 29.3 Å². The molecule has 9 heteroatoms. The molecule has 4 N–H and O–H groups in total. The Morgan fingerprint density at radius 2 is 1.62 bits per heavy atom. The van der Waals surface area contributed by atoms with Gasteiger partial charge in [-0.25, -0.2) is 0 Å². The number of aliphatic hydroxyl groups excluding tert-OH is 1. The second-order valence-corrected chi connectivity index (χ2v) is 13.1. The van der Waals surface area contributed by atoms with E-state index >= 15 is 0 Å². The van der Waals surface area contributed by atoms with Crippen molar-refractivity contribution in [1.29, 1.82) is 0 Å². The van der Waals surface area contributed by atoms with Crippen molar-refractivity contribution in [3.63, 3.8) is 0 Å². The minimum Gasteiger partial charge on any atom is -0.481 e. The summed E-state index contributed by atoms with van der Waals surface area (Å²) >= 11 is 2.06. The number of carbonyl (C=O) groups excluding carboxylic acids is 2. The second kappa shape index (κ2) is 17.5. The Labute approximate surface area is 220 Å². The summed E-state index contributed by atoms with van der Waals surface area (Å²) in [5, 5.41) is 23.7. The third kappa shape index (κ3) is 20.4. The lowest BCUT2D eigenvalue weighted by Gasteiger charge is -2.31. The zero-order valence-corrected chi connectivity index (χ0v) is 24.7. The van der Waals surface area contributed by atoms with Gasteiger partial charge in [0.2, 0.25) is 11.8 Å². The molecule has 0 saturated heterocycles. The van der Waals surface area contributed by atoms with Gasteiger partial charge < -0.3 is 25.6 Å². The van der Waals surface area contributed by atoms with Crippen LogP contribution in [-0.2, 0) is 19.1 Å². The number of aliphatic carboxylic acids is 1. The van der Waals surface area contributed by atoms with E-state index in [-0.39, 0.29) is 24.8 Å². The van der Waals surface area contributed by atoms with Gasteiger partial charge in [0.25, 0.3) is 0 Å². The Bertz CT molecular complexity index is 606. The minimum atomic E-state index is -0.864. The minimum absolute atomic E-state index is 0.0205. The Kier molecular flexibility index (Phi) is 18.1. The lowest BCUT2D eigenvalue weighted by molar-refractivity contribution is -0.140. The first-order valence-corrected chi connectivity index (χ1v) is 13.3. The zero-order chi connectivity index (χ0) is 27.0. The molecule has 2 amide bonds. The van der Waals surface area contributed by atoms with E-state index in [0.29, 0.717) is 31.9 Å². The van der Waals surface area contributed by atoms with Crippen LogP contribution in [0.3, 0.4) is 0 Å². The van der Waals surface area contributed by atoms with Gasteiger partial charge in [-0.2, -0.15) is 0 Å². The number of ether oxygens (including phenoxy) is 1. The quantitative estimate of drug-likeness (QED) is 0.119. The lowest BCUT2D eigenvalue weighted by atomic mass is 9.80. The molecule has 0 heterocycles. The van der Waals surface area contributed by atoms with Crippen LogP contribution in [-0.4, -0.2) is 63.3 Å². The molecular formula is C25H49IN2O6. The van der Waals surface area contributed by atoms with Gasteiger partial charge in [-0.1, -0.05) is 63.6 Å². The Hall–Kier alpha value is -0.940. The maximum atomic E-state index is 12.3. The molecule has 0 spiro atoms. The molecule has 0 aliphatic rings. The lowest BCUT2D eigenvalue weighted by Crippen LogP contribution is -2.44. The molecule has 0 aliphatic carbocycles. The second-order valence-electron chi connectivity index (χ2n) is 10.8. The molecule has 0 fully saturated rings. The monoisotopic (exact) mass is 600 g/mol. The molecule has 0 aromatic carbocycles. The molecule has 0 aromatic heterocycles. The van der Waals surface area contributed by atoms with E-state index < -0.39 is 20.4 Å². The number of hydrogen-bond acceptors (Lipinski definition) is 5. The van der Waals surface area contributed by atoms with E-state index in [1.807, 2.05) is 13.8 Å². The van der Waals surface area contributed by atoms with E-state index in [1.165, 1.54) is 0 Å². The molecule has 0 radical (unpaired) electrons. The zero-order valence-electron chi connectivity index (χ0n) is 22.6. The van der Waals surface area contributed by atoms with Crippen molar-refractivity contribution in [2.45, 2.75) is 103 Å². The smallest absolute Gasteiger partial charge is 0.303 e. The topological polar surface area (TPSA) is 125 Å². The van der Waals surface area contributed by atoms with E-state index in [4.69, 9.17) is 14.9 Å². The van der Waals surface area contributed by atoms with Crippen LogP contribution < -0.4 is 10.6 Å². The first kappa shape index (κ1) is 35.2. The maximum Gasteiger partial charge on any atom is 0.303 e. The molecule has 0 bridgehead atoms. The summed E-state index contributed by atoms with van der Waals surface area (Å²) in [7, 11) is 0. The first-order chi connectivity index (χ1) is 15.5. The molecule has 0 rings (SSSR count). The fourth-order valence-corrected chi connectivity index (χ4v) is 4.31. The van der Waals surface area contributed by atoms with E-state index in [1.54, 1.807) is 20.8 Å². The van der Waals surface area contributed by atoms with Crippen molar-refractivity contribution in [2.75, 3.05) is 26.3 Å². The van der Waals surface area contributed by atoms with E-state index in [0.717, 1.165) is 25.8 Å². The van der Waals surface area contributed by atoms with Gasteiger partial charge in [-0.05, 0) is 51.4 Å².